The second-order valence-corrected chi connectivity index (χ2v) is 7.94. The molecule has 1 fully saturated rings. The molecule has 1 aliphatic carbocycles. The Labute approximate surface area is 141 Å². The van der Waals surface area contributed by atoms with Crippen LogP contribution in [0.5, 0.6) is 0 Å². The van der Waals surface area contributed by atoms with Gasteiger partial charge in [0, 0.05) is 19.6 Å². The molecule has 0 spiro atoms. The van der Waals surface area contributed by atoms with Crippen LogP contribution < -0.4 is 5.32 Å². The van der Waals surface area contributed by atoms with Crippen LogP contribution in [0.25, 0.3) is 0 Å². The van der Waals surface area contributed by atoms with E-state index in [0.29, 0.717) is 11.8 Å². The number of nitrogens with one attached hydrogen (secondary N) is 1. The minimum atomic E-state index is 0.201. The van der Waals surface area contributed by atoms with Gasteiger partial charge >= 0.3 is 0 Å². The first-order valence-electron chi connectivity index (χ1n) is 8.16. The van der Waals surface area contributed by atoms with Gasteiger partial charge in [-0.25, -0.2) is 0 Å². The number of nitrogens with zero attached hydrogens (tertiary/aromatic N) is 3. The summed E-state index contributed by atoms with van der Waals surface area (Å²) in [5.74, 6) is 0.656. The lowest BCUT2D eigenvalue weighted by Crippen LogP contribution is -2.39. The maximum atomic E-state index is 12.3. The lowest BCUT2D eigenvalue weighted by atomic mass is 9.94. The van der Waals surface area contributed by atoms with Crippen LogP contribution in [0.4, 0.5) is 5.13 Å². The van der Waals surface area contributed by atoms with Gasteiger partial charge in [-0.3, -0.25) is 4.79 Å². The number of thioether (sulfide) groups is 1. The smallest absolute Gasteiger partial charge is 0.233 e. The Balaban J connectivity index is 1.73. The Kier molecular flexibility index (Phi) is 7.45. The van der Waals surface area contributed by atoms with Crippen LogP contribution >= 0.6 is 23.1 Å². The van der Waals surface area contributed by atoms with E-state index < -0.39 is 0 Å². The predicted molar refractivity (Wildman–Crippen MR) is 93.7 cm³/mol. The zero-order chi connectivity index (χ0) is 15.8. The molecule has 1 saturated carbocycles. The summed E-state index contributed by atoms with van der Waals surface area (Å²) in [7, 11) is 1.94. The van der Waals surface area contributed by atoms with Crippen LogP contribution in [0.2, 0.25) is 0 Å². The molecule has 2 rings (SSSR count). The van der Waals surface area contributed by atoms with Crippen molar-refractivity contribution < 1.29 is 4.79 Å². The van der Waals surface area contributed by atoms with E-state index in [-0.39, 0.29) is 5.91 Å². The highest BCUT2D eigenvalue weighted by atomic mass is 32.2. The molecule has 22 heavy (non-hydrogen) atoms. The van der Waals surface area contributed by atoms with Crippen molar-refractivity contribution in [2.45, 2.75) is 62.3 Å². The lowest BCUT2D eigenvalue weighted by Gasteiger charge is -2.31. The SMILES string of the molecule is CCCCNc1nnc(SCC(=O)N(C)C2CCCCC2)s1. The van der Waals surface area contributed by atoms with Crippen molar-refractivity contribution in [1.82, 2.24) is 15.1 Å². The fraction of sp³-hybridized carbons (Fsp3) is 0.800. The minimum absolute atomic E-state index is 0.201. The number of carbonyl (C=O) groups is 1. The van der Waals surface area contributed by atoms with E-state index in [2.05, 4.69) is 22.4 Å². The van der Waals surface area contributed by atoms with Crippen molar-refractivity contribution >= 4 is 34.1 Å². The monoisotopic (exact) mass is 342 g/mol. The molecule has 0 aromatic carbocycles. The van der Waals surface area contributed by atoms with Crippen LogP contribution in [-0.4, -0.2) is 46.4 Å². The van der Waals surface area contributed by atoms with Crippen molar-refractivity contribution in [3.8, 4) is 0 Å². The number of carbonyl (C=O) groups excluding carboxylic acids is 1. The van der Waals surface area contributed by atoms with Crippen molar-refractivity contribution in [2.24, 2.45) is 0 Å². The molecule has 1 aromatic rings. The summed E-state index contributed by atoms with van der Waals surface area (Å²) in [5.41, 5.74) is 0. The quantitative estimate of drug-likeness (QED) is 0.577. The molecule has 0 aliphatic heterocycles. The van der Waals surface area contributed by atoms with Crippen molar-refractivity contribution in [1.29, 1.82) is 0 Å². The van der Waals surface area contributed by atoms with Crippen LogP contribution in [-0.2, 0) is 4.79 Å². The normalized spacial score (nSPS) is 15.7. The summed E-state index contributed by atoms with van der Waals surface area (Å²) in [5, 5.41) is 12.4. The number of unbranched alkanes of at least 4 members (excludes halogenated alkanes) is 1. The summed E-state index contributed by atoms with van der Waals surface area (Å²) in [4.78, 5) is 14.2. The molecule has 0 atom stereocenters. The van der Waals surface area contributed by atoms with E-state index >= 15 is 0 Å². The molecular formula is C15H26N4OS2. The van der Waals surface area contributed by atoms with Gasteiger partial charge in [-0.05, 0) is 19.3 Å². The molecule has 7 heteroatoms. The average molecular weight is 343 g/mol. The van der Waals surface area contributed by atoms with Crippen molar-refractivity contribution in [3.63, 3.8) is 0 Å². The van der Waals surface area contributed by atoms with Gasteiger partial charge < -0.3 is 10.2 Å². The lowest BCUT2D eigenvalue weighted by molar-refractivity contribution is -0.129. The molecule has 0 unspecified atom stereocenters. The zero-order valence-electron chi connectivity index (χ0n) is 13.5. The molecule has 1 aromatic heterocycles. The number of amides is 1. The van der Waals surface area contributed by atoms with Gasteiger partial charge in [0.15, 0.2) is 4.34 Å². The third kappa shape index (κ3) is 5.43. The molecule has 0 bridgehead atoms. The van der Waals surface area contributed by atoms with Crippen molar-refractivity contribution in [3.05, 3.63) is 0 Å². The van der Waals surface area contributed by atoms with Gasteiger partial charge in [-0.2, -0.15) is 0 Å². The molecule has 1 heterocycles. The number of hydrogen-bond donors (Lipinski definition) is 1. The maximum Gasteiger partial charge on any atom is 0.233 e. The third-order valence-corrected chi connectivity index (χ3v) is 6.05. The second-order valence-electron chi connectivity index (χ2n) is 5.74. The first-order valence-corrected chi connectivity index (χ1v) is 9.96. The van der Waals surface area contributed by atoms with E-state index in [9.17, 15) is 4.79 Å². The third-order valence-electron chi connectivity index (χ3n) is 4.05. The molecule has 1 aliphatic rings. The van der Waals surface area contributed by atoms with Crippen molar-refractivity contribution in [2.75, 3.05) is 24.7 Å². The summed E-state index contributed by atoms with van der Waals surface area (Å²) in [6, 6.07) is 0.433. The summed E-state index contributed by atoms with van der Waals surface area (Å²) in [6.07, 6.45) is 8.40. The van der Waals surface area contributed by atoms with E-state index in [1.54, 1.807) is 0 Å². The molecule has 1 N–H and O–H groups in total. The van der Waals surface area contributed by atoms with Gasteiger partial charge in [0.05, 0.1) is 5.75 Å². The summed E-state index contributed by atoms with van der Waals surface area (Å²) < 4.78 is 0.865. The van der Waals surface area contributed by atoms with Gasteiger partial charge in [-0.1, -0.05) is 55.7 Å². The second kappa shape index (κ2) is 9.35. The first-order chi connectivity index (χ1) is 10.7. The highest BCUT2D eigenvalue weighted by molar-refractivity contribution is 8.01. The van der Waals surface area contributed by atoms with E-state index in [1.807, 2.05) is 11.9 Å². The Morgan fingerprint density at radius 1 is 1.36 bits per heavy atom. The zero-order valence-corrected chi connectivity index (χ0v) is 15.1. The topological polar surface area (TPSA) is 58.1 Å². The number of hydrogen-bond acceptors (Lipinski definition) is 6. The fourth-order valence-corrected chi connectivity index (χ4v) is 4.31. The molecule has 5 nitrogen and oxygen atoms in total. The molecule has 1 amide bonds. The van der Waals surface area contributed by atoms with Crippen LogP contribution in [0.1, 0.15) is 51.9 Å². The Morgan fingerprint density at radius 2 is 2.14 bits per heavy atom. The Bertz CT molecular complexity index is 460. The van der Waals surface area contributed by atoms with Crippen LogP contribution in [0, 0.1) is 0 Å². The van der Waals surface area contributed by atoms with Gasteiger partial charge in [-0.15, -0.1) is 10.2 Å². The maximum absolute atomic E-state index is 12.3. The minimum Gasteiger partial charge on any atom is -0.360 e. The molecule has 0 saturated heterocycles. The largest absolute Gasteiger partial charge is 0.360 e. The molecular weight excluding hydrogens is 316 g/mol. The first kappa shape index (κ1) is 17.5. The number of aromatic nitrogens is 2. The summed E-state index contributed by atoms with van der Waals surface area (Å²) >= 11 is 3.03. The van der Waals surface area contributed by atoms with Crippen LogP contribution in [0.15, 0.2) is 4.34 Å². The van der Waals surface area contributed by atoms with E-state index in [1.165, 1.54) is 42.4 Å². The molecule has 124 valence electrons. The van der Waals surface area contributed by atoms with Crippen LogP contribution in [0.3, 0.4) is 0 Å². The highest BCUT2D eigenvalue weighted by Crippen LogP contribution is 2.27. The van der Waals surface area contributed by atoms with E-state index in [0.717, 1.165) is 41.7 Å². The number of rotatable bonds is 8. The van der Waals surface area contributed by atoms with Gasteiger partial charge in [0.1, 0.15) is 0 Å². The number of anilines is 1. The molecule has 0 radical (unpaired) electrons. The van der Waals surface area contributed by atoms with Gasteiger partial charge in [0.25, 0.3) is 0 Å². The Morgan fingerprint density at radius 3 is 2.86 bits per heavy atom. The summed E-state index contributed by atoms with van der Waals surface area (Å²) in [6.45, 7) is 3.09. The standard InChI is InChI=1S/C15H26N4OS2/c1-3-4-10-16-14-17-18-15(22-14)21-11-13(20)19(2)12-8-6-5-7-9-12/h12H,3-11H2,1-2H3,(H,16,17). The Hall–Kier alpha value is -0.820. The van der Waals surface area contributed by atoms with Gasteiger partial charge in [0.2, 0.25) is 11.0 Å². The fourth-order valence-electron chi connectivity index (χ4n) is 2.61. The average Bonchev–Trinajstić information content (AvgIpc) is 3.01. The van der Waals surface area contributed by atoms with E-state index in [4.69, 9.17) is 0 Å². The predicted octanol–water partition coefficient (Wildman–Crippen LogP) is 3.63. The highest BCUT2D eigenvalue weighted by Gasteiger charge is 2.22.